The molecule has 1 fully saturated rings. The smallest absolute Gasteiger partial charge is 0.329 e. The molecule has 0 aliphatic carbocycles. The van der Waals surface area contributed by atoms with Gasteiger partial charge in [-0.25, -0.2) is 9.69 Å². The minimum atomic E-state index is -0.745. The number of hydrogen-bond donors (Lipinski definition) is 1. The summed E-state index contributed by atoms with van der Waals surface area (Å²) in [4.78, 5) is 30.1. The van der Waals surface area contributed by atoms with Gasteiger partial charge < -0.3 is 10.1 Å². The van der Waals surface area contributed by atoms with Crippen molar-refractivity contribution in [2.24, 2.45) is 0 Å². The van der Waals surface area contributed by atoms with Crippen molar-refractivity contribution in [2.45, 2.75) is 6.04 Å². The highest BCUT2D eigenvalue weighted by Gasteiger charge is 2.40. The lowest BCUT2D eigenvalue weighted by atomic mass is 10.1. The predicted molar refractivity (Wildman–Crippen MR) is 101 cm³/mol. The summed E-state index contributed by atoms with van der Waals surface area (Å²) in [6.07, 6.45) is 3.17. The number of halogens is 1. The molecule has 2 heterocycles. The van der Waals surface area contributed by atoms with Gasteiger partial charge in [0.25, 0.3) is 5.91 Å². The molecular weight excluding hydrogens is 366 g/mol. The SMILES string of the molecule is O=C1NC(c2cccnc2)C(=O)N1c1ccc(Oc2ccccc2Cl)cc1. The number of anilines is 1. The standard InChI is InChI=1S/C20H14ClN3O3/c21-16-5-1-2-6-17(16)27-15-9-7-14(8-10-15)24-19(25)18(23-20(24)26)13-4-3-11-22-12-13/h1-12,18H,(H,23,26). The van der Waals surface area contributed by atoms with Gasteiger partial charge in [0.1, 0.15) is 17.5 Å². The minimum absolute atomic E-state index is 0.354. The van der Waals surface area contributed by atoms with E-state index in [0.717, 1.165) is 4.90 Å². The summed E-state index contributed by atoms with van der Waals surface area (Å²) in [5.74, 6) is 0.717. The summed E-state index contributed by atoms with van der Waals surface area (Å²) < 4.78 is 5.73. The average Bonchev–Trinajstić information content (AvgIpc) is 2.99. The van der Waals surface area contributed by atoms with E-state index >= 15 is 0 Å². The molecule has 1 unspecified atom stereocenters. The van der Waals surface area contributed by atoms with E-state index in [1.807, 2.05) is 12.1 Å². The van der Waals surface area contributed by atoms with Crippen LogP contribution in [0.25, 0.3) is 0 Å². The summed E-state index contributed by atoms with van der Waals surface area (Å²) in [5, 5.41) is 3.17. The van der Waals surface area contributed by atoms with Crippen molar-refractivity contribution in [1.29, 1.82) is 0 Å². The van der Waals surface area contributed by atoms with Gasteiger partial charge >= 0.3 is 6.03 Å². The van der Waals surface area contributed by atoms with Crippen LogP contribution in [0, 0.1) is 0 Å². The van der Waals surface area contributed by atoms with Gasteiger partial charge in [0, 0.05) is 18.0 Å². The summed E-state index contributed by atoms with van der Waals surface area (Å²) in [6.45, 7) is 0. The normalized spacial score (nSPS) is 16.3. The summed E-state index contributed by atoms with van der Waals surface area (Å²) >= 11 is 6.09. The van der Waals surface area contributed by atoms with Crippen LogP contribution in [0.2, 0.25) is 5.02 Å². The van der Waals surface area contributed by atoms with E-state index in [9.17, 15) is 9.59 Å². The lowest BCUT2D eigenvalue weighted by Gasteiger charge is -2.14. The number of carbonyl (C=O) groups excluding carboxylic acids is 2. The van der Waals surface area contributed by atoms with Crippen molar-refractivity contribution in [1.82, 2.24) is 10.3 Å². The van der Waals surface area contributed by atoms with Crippen LogP contribution >= 0.6 is 11.6 Å². The van der Waals surface area contributed by atoms with Crippen LogP contribution in [-0.2, 0) is 4.79 Å². The Hall–Kier alpha value is -3.38. The Labute approximate surface area is 160 Å². The Bertz CT molecular complexity index is 993. The molecule has 134 valence electrons. The van der Waals surface area contributed by atoms with E-state index in [-0.39, 0.29) is 5.91 Å². The van der Waals surface area contributed by atoms with Crippen molar-refractivity contribution in [3.8, 4) is 11.5 Å². The fraction of sp³-hybridized carbons (Fsp3) is 0.0500. The van der Waals surface area contributed by atoms with Crippen molar-refractivity contribution in [3.05, 3.63) is 83.6 Å². The second-order valence-electron chi connectivity index (χ2n) is 5.87. The number of benzene rings is 2. The zero-order valence-electron chi connectivity index (χ0n) is 14.0. The van der Waals surface area contributed by atoms with Gasteiger partial charge in [-0.1, -0.05) is 29.8 Å². The molecule has 1 atom stereocenters. The number of rotatable bonds is 4. The molecule has 1 saturated heterocycles. The number of hydrogen-bond acceptors (Lipinski definition) is 4. The summed E-state index contributed by atoms with van der Waals surface area (Å²) in [5.41, 5.74) is 1.09. The zero-order chi connectivity index (χ0) is 18.8. The fourth-order valence-corrected chi connectivity index (χ4v) is 2.99. The Morgan fingerprint density at radius 1 is 1.00 bits per heavy atom. The van der Waals surface area contributed by atoms with Crippen LogP contribution in [0.4, 0.5) is 10.5 Å². The molecule has 0 saturated carbocycles. The average molecular weight is 380 g/mol. The Morgan fingerprint density at radius 2 is 1.78 bits per heavy atom. The topological polar surface area (TPSA) is 71.5 Å². The third-order valence-corrected chi connectivity index (χ3v) is 4.43. The number of nitrogens with zero attached hydrogens (tertiary/aromatic N) is 2. The Balaban J connectivity index is 1.54. The van der Waals surface area contributed by atoms with Crippen LogP contribution in [0.1, 0.15) is 11.6 Å². The molecule has 27 heavy (non-hydrogen) atoms. The van der Waals surface area contributed by atoms with E-state index in [1.165, 1.54) is 0 Å². The number of pyridine rings is 1. The van der Waals surface area contributed by atoms with Crippen molar-refractivity contribution in [3.63, 3.8) is 0 Å². The molecule has 3 aromatic rings. The number of urea groups is 1. The van der Waals surface area contributed by atoms with Crippen LogP contribution in [0.15, 0.2) is 73.1 Å². The number of nitrogens with one attached hydrogen (secondary N) is 1. The molecule has 4 rings (SSSR count). The second-order valence-corrected chi connectivity index (χ2v) is 6.28. The molecule has 7 heteroatoms. The fourth-order valence-electron chi connectivity index (χ4n) is 2.81. The van der Waals surface area contributed by atoms with E-state index in [2.05, 4.69) is 10.3 Å². The molecule has 1 N–H and O–H groups in total. The molecule has 0 radical (unpaired) electrons. The Morgan fingerprint density at radius 3 is 2.48 bits per heavy atom. The van der Waals surface area contributed by atoms with Gasteiger partial charge in [-0.05, 0) is 42.5 Å². The van der Waals surface area contributed by atoms with Crippen LogP contribution in [0.5, 0.6) is 11.5 Å². The molecule has 3 amide bonds. The lowest BCUT2D eigenvalue weighted by Crippen LogP contribution is -2.30. The van der Waals surface area contributed by atoms with Gasteiger partial charge in [0.2, 0.25) is 0 Å². The largest absolute Gasteiger partial charge is 0.456 e. The number of amides is 3. The molecule has 1 aromatic heterocycles. The molecule has 1 aliphatic rings. The third kappa shape index (κ3) is 3.35. The summed E-state index contributed by atoms with van der Waals surface area (Å²) in [6, 6.07) is 16.0. The van der Waals surface area contributed by atoms with Gasteiger partial charge in [-0.15, -0.1) is 0 Å². The van der Waals surface area contributed by atoms with Gasteiger partial charge in [0.05, 0.1) is 10.7 Å². The number of imide groups is 1. The maximum absolute atomic E-state index is 12.7. The van der Waals surface area contributed by atoms with Crippen molar-refractivity contribution >= 4 is 29.2 Å². The quantitative estimate of drug-likeness (QED) is 0.685. The number of para-hydroxylation sites is 1. The lowest BCUT2D eigenvalue weighted by molar-refractivity contribution is -0.118. The van der Waals surface area contributed by atoms with Gasteiger partial charge in [-0.2, -0.15) is 0 Å². The first-order valence-corrected chi connectivity index (χ1v) is 8.58. The van der Waals surface area contributed by atoms with E-state index in [0.29, 0.717) is 27.8 Å². The highest BCUT2D eigenvalue weighted by Crippen LogP contribution is 2.31. The number of aromatic nitrogens is 1. The predicted octanol–water partition coefficient (Wildman–Crippen LogP) is 4.32. The van der Waals surface area contributed by atoms with Crippen molar-refractivity contribution < 1.29 is 14.3 Å². The maximum Gasteiger partial charge on any atom is 0.329 e. The van der Waals surface area contributed by atoms with Crippen LogP contribution < -0.4 is 15.0 Å². The van der Waals surface area contributed by atoms with Crippen LogP contribution in [0.3, 0.4) is 0 Å². The second kappa shape index (κ2) is 7.09. The summed E-state index contributed by atoms with van der Waals surface area (Å²) in [7, 11) is 0. The first-order chi connectivity index (χ1) is 13.1. The maximum atomic E-state index is 12.7. The molecular formula is C20H14ClN3O3. The van der Waals surface area contributed by atoms with E-state index in [4.69, 9.17) is 16.3 Å². The molecule has 0 spiro atoms. The van der Waals surface area contributed by atoms with Gasteiger partial charge in [0.15, 0.2) is 0 Å². The molecule has 1 aliphatic heterocycles. The highest BCUT2D eigenvalue weighted by atomic mass is 35.5. The monoisotopic (exact) mass is 379 g/mol. The number of ether oxygens (including phenoxy) is 1. The molecule has 2 aromatic carbocycles. The minimum Gasteiger partial charge on any atom is -0.456 e. The van der Waals surface area contributed by atoms with E-state index in [1.54, 1.807) is 60.9 Å². The highest BCUT2D eigenvalue weighted by molar-refractivity contribution is 6.32. The van der Waals surface area contributed by atoms with Crippen molar-refractivity contribution in [2.75, 3.05) is 4.90 Å². The first-order valence-electron chi connectivity index (χ1n) is 8.20. The number of carbonyl (C=O) groups is 2. The first kappa shape index (κ1) is 17.1. The Kier molecular flexibility index (Phi) is 4.48. The van der Waals surface area contributed by atoms with Gasteiger partial charge in [-0.3, -0.25) is 9.78 Å². The zero-order valence-corrected chi connectivity index (χ0v) is 14.8. The molecule has 0 bridgehead atoms. The van der Waals surface area contributed by atoms with Crippen LogP contribution in [-0.4, -0.2) is 16.9 Å². The van der Waals surface area contributed by atoms with E-state index < -0.39 is 12.1 Å². The molecule has 6 nitrogen and oxygen atoms in total. The third-order valence-electron chi connectivity index (χ3n) is 4.12.